The topological polar surface area (TPSA) is 27.0 Å². The average molecular weight is 181 g/mol. The normalized spacial score (nSPS) is 9.17. The Morgan fingerprint density at radius 3 is 2.58 bits per heavy atom. The van der Waals surface area contributed by atoms with Crippen molar-refractivity contribution in [3.63, 3.8) is 0 Å². The SMILES string of the molecule is CN(C)c1ccc(Cl)cc1C#N. The minimum Gasteiger partial charge on any atom is -0.377 e. The summed E-state index contributed by atoms with van der Waals surface area (Å²) in [5.41, 5.74) is 1.49. The van der Waals surface area contributed by atoms with E-state index in [0.29, 0.717) is 10.6 Å². The third-order valence-corrected chi connectivity index (χ3v) is 1.80. The predicted octanol–water partition coefficient (Wildman–Crippen LogP) is 2.28. The number of nitrogens with zero attached hydrogens (tertiary/aromatic N) is 2. The third-order valence-electron chi connectivity index (χ3n) is 1.56. The van der Waals surface area contributed by atoms with Gasteiger partial charge in [0.05, 0.1) is 11.3 Å². The molecule has 3 heteroatoms. The summed E-state index contributed by atoms with van der Waals surface area (Å²) in [6.07, 6.45) is 0. The van der Waals surface area contributed by atoms with Gasteiger partial charge in [0.1, 0.15) is 6.07 Å². The fraction of sp³-hybridized carbons (Fsp3) is 0.222. The Hall–Kier alpha value is -1.20. The summed E-state index contributed by atoms with van der Waals surface area (Å²) in [5, 5.41) is 9.35. The zero-order valence-electron chi connectivity index (χ0n) is 7.00. The summed E-state index contributed by atoms with van der Waals surface area (Å²) in [5.74, 6) is 0. The first-order valence-corrected chi connectivity index (χ1v) is 3.90. The molecule has 12 heavy (non-hydrogen) atoms. The van der Waals surface area contributed by atoms with Crippen molar-refractivity contribution in [2.45, 2.75) is 0 Å². The molecule has 0 aromatic heterocycles. The second-order valence-corrected chi connectivity index (χ2v) is 3.10. The van der Waals surface area contributed by atoms with Crippen LogP contribution in [0.3, 0.4) is 0 Å². The third kappa shape index (κ3) is 1.69. The molecule has 0 N–H and O–H groups in total. The van der Waals surface area contributed by atoms with Crippen LogP contribution in [0.1, 0.15) is 5.56 Å². The molecule has 0 aliphatic carbocycles. The average Bonchev–Trinajstić information content (AvgIpc) is 2.03. The van der Waals surface area contributed by atoms with Crippen molar-refractivity contribution in [3.05, 3.63) is 28.8 Å². The summed E-state index contributed by atoms with van der Waals surface area (Å²) < 4.78 is 0. The summed E-state index contributed by atoms with van der Waals surface area (Å²) in [6, 6.07) is 7.36. The van der Waals surface area contributed by atoms with Crippen LogP contribution in [0.2, 0.25) is 5.02 Å². The minimum atomic E-state index is 0.595. The van der Waals surface area contributed by atoms with Crippen molar-refractivity contribution < 1.29 is 0 Å². The van der Waals surface area contributed by atoms with E-state index in [0.717, 1.165) is 5.69 Å². The van der Waals surface area contributed by atoms with Crippen molar-refractivity contribution in [3.8, 4) is 6.07 Å². The van der Waals surface area contributed by atoms with E-state index >= 15 is 0 Å². The van der Waals surface area contributed by atoms with Crippen LogP contribution < -0.4 is 4.90 Å². The van der Waals surface area contributed by atoms with Crippen LogP contribution in [-0.4, -0.2) is 14.1 Å². The zero-order chi connectivity index (χ0) is 9.14. The van der Waals surface area contributed by atoms with Gasteiger partial charge in [0.25, 0.3) is 0 Å². The molecule has 0 aliphatic heterocycles. The second-order valence-electron chi connectivity index (χ2n) is 2.67. The molecule has 0 aliphatic rings. The molecule has 62 valence electrons. The molecule has 1 rings (SSSR count). The number of hydrogen-bond donors (Lipinski definition) is 0. The first-order valence-electron chi connectivity index (χ1n) is 3.52. The lowest BCUT2D eigenvalue weighted by Gasteiger charge is -2.13. The van der Waals surface area contributed by atoms with Gasteiger partial charge in [-0.2, -0.15) is 5.26 Å². The highest BCUT2D eigenvalue weighted by molar-refractivity contribution is 6.30. The molecule has 1 aromatic rings. The zero-order valence-corrected chi connectivity index (χ0v) is 7.76. The van der Waals surface area contributed by atoms with E-state index in [-0.39, 0.29) is 0 Å². The predicted molar refractivity (Wildman–Crippen MR) is 50.5 cm³/mol. The highest BCUT2D eigenvalue weighted by atomic mass is 35.5. The first kappa shape index (κ1) is 8.89. The van der Waals surface area contributed by atoms with Gasteiger partial charge in [0.2, 0.25) is 0 Å². The van der Waals surface area contributed by atoms with Gasteiger partial charge in [-0.15, -0.1) is 0 Å². The Bertz CT molecular complexity index is 326. The number of anilines is 1. The Balaban J connectivity index is 3.23. The summed E-state index contributed by atoms with van der Waals surface area (Å²) >= 11 is 5.73. The van der Waals surface area contributed by atoms with E-state index in [4.69, 9.17) is 16.9 Å². The van der Waals surface area contributed by atoms with Crippen molar-refractivity contribution in [1.29, 1.82) is 5.26 Å². The molecule has 0 amide bonds. The highest BCUT2D eigenvalue weighted by Crippen LogP contribution is 2.21. The molecule has 0 fully saturated rings. The van der Waals surface area contributed by atoms with Crippen molar-refractivity contribution >= 4 is 17.3 Å². The van der Waals surface area contributed by atoms with Gasteiger partial charge in [0.15, 0.2) is 0 Å². The lowest BCUT2D eigenvalue weighted by atomic mass is 10.2. The molecule has 0 bridgehead atoms. The minimum absolute atomic E-state index is 0.595. The highest BCUT2D eigenvalue weighted by Gasteiger charge is 2.03. The van der Waals surface area contributed by atoms with Gasteiger partial charge in [-0.25, -0.2) is 0 Å². The van der Waals surface area contributed by atoms with E-state index in [1.807, 2.05) is 25.1 Å². The molecule has 0 heterocycles. The fourth-order valence-electron chi connectivity index (χ4n) is 0.988. The van der Waals surface area contributed by atoms with E-state index < -0.39 is 0 Å². The van der Waals surface area contributed by atoms with Gasteiger partial charge in [-0.3, -0.25) is 0 Å². The monoisotopic (exact) mass is 180 g/mol. The molecular weight excluding hydrogens is 172 g/mol. The van der Waals surface area contributed by atoms with Crippen LogP contribution in [0.5, 0.6) is 0 Å². The molecule has 0 radical (unpaired) electrons. The van der Waals surface area contributed by atoms with Crippen LogP contribution >= 0.6 is 11.6 Å². The smallest absolute Gasteiger partial charge is 0.101 e. The summed E-state index contributed by atoms with van der Waals surface area (Å²) in [6.45, 7) is 0. The summed E-state index contributed by atoms with van der Waals surface area (Å²) in [7, 11) is 3.79. The van der Waals surface area contributed by atoms with Crippen molar-refractivity contribution in [2.24, 2.45) is 0 Å². The fourth-order valence-corrected chi connectivity index (χ4v) is 1.16. The number of halogens is 1. The number of hydrogen-bond acceptors (Lipinski definition) is 2. The van der Waals surface area contributed by atoms with Crippen molar-refractivity contribution in [2.75, 3.05) is 19.0 Å². The van der Waals surface area contributed by atoms with Crippen LogP contribution in [0.4, 0.5) is 5.69 Å². The van der Waals surface area contributed by atoms with Crippen LogP contribution in [0.15, 0.2) is 18.2 Å². The Morgan fingerprint density at radius 1 is 1.42 bits per heavy atom. The molecule has 2 nitrogen and oxygen atoms in total. The molecule has 0 saturated heterocycles. The second kappa shape index (κ2) is 3.46. The standard InChI is InChI=1S/C9H9ClN2/c1-12(2)9-4-3-8(10)5-7(9)6-11/h3-5H,1-2H3. The number of nitriles is 1. The maximum absolute atomic E-state index is 8.76. The number of rotatable bonds is 1. The van der Waals surface area contributed by atoms with Gasteiger partial charge >= 0.3 is 0 Å². The van der Waals surface area contributed by atoms with E-state index in [2.05, 4.69) is 6.07 Å². The van der Waals surface area contributed by atoms with Gasteiger partial charge in [-0.1, -0.05) is 11.6 Å². The Morgan fingerprint density at radius 2 is 2.08 bits per heavy atom. The quantitative estimate of drug-likeness (QED) is 0.663. The number of benzene rings is 1. The molecular formula is C9H9ClN2. The lowest BCUT2D eigenvalue weighted by molar-refractivity contribution is 1.12. The van der Waals surface area contributed by atoms with Crippen LogP contribution in [-0.2, 0) is 0 Å². The Labute approximate surface area is 77.0 Å². The molecule has 0 atom stereocenters. The molecule has 0 spiro atoms. The largest absolute Gasteiger partial charge is 0.377 e. The first-order chi connectivity index (χ1) is 5.65. The molecule has 0 saturated carbocycles. The van der Waals surface area contributed by atoms with E-state index in [1.54, 1.807) is 12.1 Å². The maximum atomic E-state index is 8.76. The van der Waals surface area contributed by atoms with Crippen molar-refractivity contribution in [1.82, 2.24) is 0 Å². The Kier molecular flexibility index (Phi) is 2.57. The van der Waals surface area contributed by atoms with E-state index in [1.165, 1.54) is 0 Å². The van der Waals surface area contributed by atoms with Gasteiger partial charge in [0, 0.05) is 19.1 Å². The van der Waals surface area contributed by atoms with Crippen LogP contribution in [0.25, 0.3) is 0 Å². The van der Waals surface area contributed by atoms with E-state index in [9.17, 15) is 0 Å². The summed E-state index contributed by atoms with van der Waals surface area (Å²) in [4.78, 5) is 1.88. The van der Waals surface area contributed by atoms with Gasteiger partial charge < -0.3 is 4.90 Å². The molecule has 1 aromatic carbocycles. The molecule has 0 unspecified atom stereocenters. The van der Waals surface area contributed by atoms with Gasteiger partial charge in [-0.05, 0) is 18.2 Å². The lowest BCUT2D eigenvalue weighted by Crippen LogP contribution is -2.10. The van der Waals surface area contributed by atoms with Crippen LogP contribution in [0, 0.1) is 11.3 Å². The maximum Gasteiger partial charge on any atom is 0.101 e.